The number of benzene rings is 1. The lowest BCUT2D eigenvalue weighted by Gasteiger charge is -2.24. The molecule has 0 aliphatic heterocycles. The number of aliphatic hydroxyl groups excluding tert-OH is 1. The van der Waals surface area contributed by atoms with Gasteiger partial charge in [-0.3, -0.25) is 4.79 Å². The highest BCUT2D eigenvalue weighted by Gasteiger charge is 2.17. The Morgan fingerprint density at radius 1 is 1.32 bits per heavy atom. The number of hydrogen-bond acceptors (Lipinski definition) is 3. The molecule has 0 unspecified atom stereocenters. The summed E-state index contributed by atoms with van der Waals surface area (Å²) in [6.45, 7) is 8.63. The number of aliphatic hydroxyl groups is 2. The summed E-state index contributed by atoms with van der Waals surface area (Å²) >= 11 is 0. The van der Waals surface area contributed by atoms with Gasteiger partial charge in [0.1, 0.15) is 0 Å². The molecule has 2 N–H and O–H groups in total. The van der Waals surface area contributed by atoms with Crippen LogP contribution in [-0.2, 0) is 6.42 Å². The summed E-state index contributed by atoms with van der Waals surface area (Å²) < 4.78 is 0. The van der Waals surface area contributed by atoms with Gasteiger partial charge >= 0.3 is 0 Å². The molecule has 22 heavy (non-hydrogen) atoms. The predicted octanol–water partition coefficient (Wildman–Crippen LogP) is 2.48. The standard InChI is InChI=1S/C18H29NO3/c1-14(2)13-19(10-11-20)17(21)16-7-5-6-15(12-16)8-9-18(3,4)22/h5-7,12,14,20,22H,8-11,13H2,1-4H3. The Kier molecular flexibility index (Phi) is 7.04. The van der Waals surface area contributed by atoms with Crippen LogP contribution in [0, 0.1) is 5.92 Å². The van der Waals surface area contributed by atoms with E-state index in [9.17, 15) is 9.90 Å². The SMILES string of the molecule is CC(C)CN(CCO)C(=O)c1cccc(CCC(C)(C)O)c1. The van der Waals surface area contributed by atoms with Gasteiger partial charge in [-0.25, -0.2) is 0 Å². The molecular weight excluding hydrogens is 278 g/mol. The third-order valence-electron chi connectivity index (χ3n) is 3.44. The zero-order valence-electron chi connectivity index (χ0n) is 14.2. The first-order valence-corrected chi connectivity index (χ1v) is 7.94. The highest BCUT2D eigenvalue weighted by molar-refractivity contribution is 5.94. The number of carbonyl (C=O) groups is 1. The lowest BCUT2D eigenvalue weighted by molar-refractivity contribution is 0.0700. The van der Waals surface area contributed by atoms with Crippen LogP contribution in [0.2, 0.25) is 0 Å². The lowest BCUT2D eigenvalue weighted by Crippen LogP contribution is -2.36. The number of amides is 1. The molecule has 124 valence electrons. The molecule has 1 aromatic rings. The first kappa shape index (κ1) is 18.7. The van der Waals surface area contributed by atoms with Gasteiger partial charge in [-0.15, -0.1) is 0 Å². The quantitative estimate of drug-likeness (QED) is 0.775. The van der Waals surface area contributed by atoms with Gasteiger partial charge in [0.25, 0.3) is 5.91 Å². The molecule has 0 bridgehead atoms. The Bertz CT molecular complexity index is 477. The van der Waals surface area contributed by atoms with Crippen LogP contribution in [0.3, 0.4) is 0 Å². The minimum absolute atomic E-state index is 0.0309. The average molecular weight is 307 g/mol. The van der Waals surface area contributed by atoms with Crippen molar-refractivity contribution in [3.8, 4) is 0 Å². The van der Waals surface area contributed by atoms with Gasteiger partial charge in [0.15, 0.2) is 0 Å². The molecule has 0 heterocycles. The monoisotopic (exact) mass is 307 g/mol. The van der Waals surface area contributed by atoms with Crippen LogP contribution in [-0.4, -0.2) is 46.3 Å². The predicted molar refractivity (Wildman–Crippen MR) is 88.9 cm³/mol. The largest absolute Gasteiger partial charge is 0.395 e. The van der Waals surface area contributed by atoms with Crippen LogP contribution in [0.15, 0.2) is 24.3 Å². The molecule has 4 heteroatoms. The fourth-order valence-corrected chi connectivity index (χ4v) is 2.33. The van der Waals surface area contributed by atoms with Crippen molar-refractivity contribution in [2.75, 3.05) is 19.7 Å². The van der Waals surface area contributed by atoms with Gasteiger partial charge in [-0.1, -0.05) is 26.0 Å². The van der Waals surface area contributed by atoms with E-state index in [0.717, 1.165) is 12.0 Å². The van der Waals surface area contributed by atoms with E-state index < -0.39 is 5.60 Å². The second-order valence-electron chi connectivity index (χ2n) is 6.88. The molecule has 4 nitrogen and oxygen atoms in total. The molecule has 1 amide bonds. The number of rotatable bonds is 8. The number of nitrogens with zero attached hydrogens (tertiary/aromatic N) is 1. The van der Waals surface area contributed by atoms with Crippen LogP contribution in [0.5, 0.6) is 0 Å². The van der Waals surface area contributed by atoms with E-state index in [-0.39, 0.29) is 12.5 Å². The molecule has 0 fully saturated rings. The normalized spacial score (nSPS) is 11.8. The maximum Gasteiger partial charge on any atom is 0.253 e. The summed E-state index contributed by atoms with van der Waals surface area (Å²) in [7, 11) is 0. The fourth-order valence-electron chi connectivity index (χ4n) is 2.33. The highest BCUT2D eigenvalue weighted by Crippen LogP contribution is 2.15. The summed E-state index contributed by atoms with van der Waals surface area (Å²) in [5.41, 5.74) is 0.976. The lowest BCUT2D eigenvalue weighted by atomic mass is 9.97. The molecule has 0 spiro atoms. The Morgan fingerprint density at radius 2 is 2.00 bits per heavy atom. The molecule has 0 atom stereocenters. The van der Waals surface area contributed by atoms with E-state index in [0.29, 0.717) is 31.0 Å². The Labute approximate surface area is 133 Å². The van der Waals surface area contributed by atoms with Crippen molar-refractivity contribution < 1.29 is 15.0 Å². The second kappa shape index (κ2) is 8.30. The molecule has 0 radical (unpaired) electrons. The Morgan fingerprint density at radius 3 is 2.55 bits per heavy atom. The summed E-state index contributed by atoms with van der Waals surface area (Å²) in [5.74, 6) is 0.307. The van der Waals surface area contributed by atoms with Gasteiger partial charge in [-0.05, 0) is 50.3 Å². The smallest absolute Gasteiger partial charge is 0.253 e. The molecule has 0 aromatic heterocycles. The van der Waals surface area contributed by atoms with Crippen LogP contribution in [0.1, 0.15) is 50.0 Å². The van der Waals surface area contributed by atoms with Crippen LogP contribution in [0.4, 0.5) is 0 Å². The summed E-state index contributed by atoms with van der Waals surface area (Å²) in [5, 5.41) is 19.0. The van der Waals surface area contributed by atoms with Crippen LogP contribution < -0.4 is 0 Å². The molecular formula is C18H29NO3. The third kappa shape index (κ3) is 6.58. The third-order valence-corrected chi connectivity index (χ3v) is 3.44. The molecule has 1 rings (SSSR count). The van der Waals surface area contributed by atoms with Crippen LogP contribution >= 0.6 is 0 Å². The second-order valence-corrected chi connectivity index (χ2v) is 6.88. The van der Waals surface area contributed by atoms with Crippen molar-refractivity contribution in [3.05, 3.63) is 35.4 Å². The summed E-state index contributed by atoms with van der Waals surface area (Å²) in [6, 6.07) is 7.54. The van der Waals surface area contributed by atoms with Crippen molar-refractivity contribution >= 4 is 5.91 Å². The molecule has 0 saturated carbocycles. The van der Waals surface area contributed by atoms with E-state index in [1.807, 2.05) is 18.2 Å². The van der Waals surface area contributed by atoms with Crippen LogP contribution in [0.25, 0.3) is 0 Å². The van der Waals surface area contributed by atoms with Gasteiger partial charge in [-0.2, -0.15) is 0 Å². The van der Waals surface area contributed by atoms with Gasteiger partial charge < -0.3 is 15.1 Å². The number of carbonyl (C=O) groups excluding carboxylic acids is 1. The van der Waals surface area contributed by atoms with Crippen molar-refractivity contribution in [1.82, 2.24) is 4.90 Å². The van der Waals surface area contributed by atoms with Crippen molar-refractivity contribution in [2.24, 2.45) is 5.92 Å². The molecule has 0 aliphatic carbocycles. The first-order valence-electron chi connectivity index (χ1n) is 7.94. The van der Waals surface area contributed by atoms with Gasteiger partial charge in [0.2, 0.25) is 0 Å². The summed E-state index contributed by atoms with van der Waals surface area (Å²) in [6.07, 6.45) is 1.38. The summed E-state index contributed by atoms with van der Waals surface area (Å²) in [4.78, 5) is 14.3. The van der Waals surface area contributed by atoms with E-state index >= 15 is 0 Å². The minimum Gasteiger partial charge on any atom is -0.395 e. The van der Waals surface area contributed by atoms with Crippen molar-refractivity contribution in [1.29, 1.82) is 0 Å². The van der Waals surface area contributed by atoms with E-state index in [1.54, 1.807) is 24.8 Å². The molecule has 0 aliphatic rings. The van der Waals surface area contributed by atoms with Crippen molar-refractivity contribution in [3.63, 3.8) is 0 Å². The topological polar surface area (TPSA) is 60.8 Å². The molecule has 1 aromatic carbocycles. The first-order chi connectivity index (χ1) is 10.2. The zero-order chi connectivity index (χ0) is 16.8. The Balaban J connectivity index is 2.83. The van der Waals surface area contributed by atoms with Gasteiger partial charge in [0, 0.05) is 18.7 Å². The Hall–Kier alpha value is -1.39. The number of aryl methyl sites for hydroxylation is 1. The highest BCUT2D eigenvalue weighted by atomic mass is 16.3. The van der Waals surface area contributed by atoms with E-state index in [4.69, 9.17) is 5.11 Å². The minimum atomic E-state index is -0.708. The van der Waals surface area contributed by atoms with Gasteiger partial charge in [0.05, 0.1) is 12.2 Å². The van der Waals surface area contributed by atoms with Crippen molar-refractivity contribution in [2.45, 2.75) is 46.1 Å². The maximum atomic E-state index is 12.6. The number of hydrogen-bond donors (Lipinski definition) is 2. The maximum absolute atomic E-state index is 12.6. The average Bonchev–Trinajstić information content (AvgIpc) is 2.43. The molecule has 0 saturated heterocycles. The zero-order valence-corrected chi connectivity index (χ0v) is 14.2. The fraction of sp³-hybridized carbons (Fsp3) is 0.611. The van der Waals surface area contributed by atoms with E-state index in [2.05, 4.69) is 13.8 Å². The van der Waals surface area contributed by atoms with E-state index in [1.165, 1.54) is 0 Å².